The number of hydrogen-bond acceptors (Lipinski definition) is 4. The van der Waals surface area contributed by atoms with Gasteiger partial charge in [0, 0.05) is 25.4 Å². The summed E-state index contributed by atoms with van der Waals surface area (Å²) in [5, 5.41) is 0. The van der Waals surface area contributed by atoms with E-state index in [-0.39, 0.29) is 12.0 Å². The predicted octanol–water partition coefficient (Wildman–Crippen LogP) is 3.09. The number of methoxy groups -OCH3 is 1. The molecule has 25 heavy (non-hydrogen) atoms. The largest absolute Gasteiger partial charge is 0.497 e. The SMILES string of the molecule is COc1ccc(CCC(=O)N2CCC[C@H](Oc3ccncc3)C2)cc1. The fourth-order valence-electron chi connectivity index (χ4n) is 3.07. The van der Waals surface area contributed by atoms with Crippen LogP contribution in [0.2, 0.25) is 0 Å². The Morgan fingerprint density at radius 3 is 2.64 bits per heavy atom. The quantitative estimate of drug-likeness (QED) is 0.811. The molecule has 0 bridgehead atoms. The van der Waals surface area contributed by atoms with Crippen molar-refractivity contribution in [3.63, 3.8) is 0 Å². The maximum absolute atomic E-state index is 12.5. The molecule has 0 saturated carbocycles. The lowest BCUT2D eigenvalue weighted by molar-refractivity contribution is -0.133. The molecule has 1 aromatic heterocycles. The summed E-state index contributed by atoms with van der Waals surface area (Å²) in [4.78, 5) is 18.5. The second-order valence-electron chi connectivity index (χ2n) is 6.25. The van der Waals surface area contributed by atoms with Crippen LogP contribution in [0, 0.1) is 0 Å². The van der Waals surface area contributed by atoms with Gasteiger partial charge in [0.05, 0.1) is 13.7 Å². The van der Waals surface area contributed by atoms with Crippen LogP contribution >= 0.6 is 0 Å². The highest BCUT2D eigenvalue weighted by molar-refractivity contribution is 5.76. The minimum absolute atomic E-state index is 0.0566. The first-order valence-corrected chi connectivity index (χ1v) is 8.72. The number of likely N-dealkylation sites (tertiary alicyclic amines) is 1. The second-order valence-corrected chi connectivity index (χ2v) is 6.25. The number of carbonyl (C=O) groups excluding carboxylic acids is 1. The van der Waals surface area contributed by atoms with E-state index in [1.54, 1.807) is 19.5 Å². The number of hydrogen-bond donors (Lipinski definition) is 0. The summed E-state index contributed by atoms with van der Waals surface area (Å²) in [5.41, 5.74) is 1.15. The average molecular weight is 340 g/mol. The molecule has 1 amide bonds. The predicted molar refractivity (Wildman–Crippen MR) is 95.8 cm³/mol. The Morgan fingerprint density at radius 2 is 1.92 bits per heavy atom. The lowest BCUT2D eigenvalue weighted by Gasteiger charge is -2.33. The summed E-state index contributed by atoms with van der Waals surface area (Å²) in [7, 11) is 1.65. The summed E-state index contributed by atoms with van der Waals surface area (Å²) in [6.45, 7) is 1.47. The van der Waals surface area contributed by atoms with Crippen molar-refractivity contribution < 1.29 is 14.3 Å². The van der Waals surface area contributed by atoms with Gasteiger partial charge in [0.1, 0.15) is 17.6 Å². The summed E-state index contributed by atoms with van der Waals surface area (Å²) in [5.74, 6) is 1.84. The van der Waals surface area contributed by atoms with Gasteiger partial charge in [0.15, 0.2) is 0 Å². The molecule has 1 aliphatic heterocycles. The molecular formula is C20H24N2O3. The number of ether oxygens (including phenoxy) is 2. The van der Waals surface area contributed by atoms with Gasteiger partial charge in [-0.3, -0.25) is 9.78 Å². The van der Waals surface area contributed by atoms with Crippen LogP contribution in [-0.2, 0) is 11.2 Å². The minimum Gasteiger partial charge on any atom is -0.497 e. The van der Waals surface area contributed by atoms with E-state index in [2.05, 4.69) is 4.98 Å². The fraction of sp³-hybridized carbons (Fsp3) is 0.400. The second kappa shape index (κ2) is 8.51. The van der Waals surface area contributed by atoms with E-state index >= 15 is 0 Å². The number of piperidine rings is 1. The van der Waals surface area contributed by atoms with Gasteiger partial charge < -0.3 is 14.4 Å². The van der Waals surface area contributed by atoms with Crippen molar-refractivity contribution in [1.82, 2.24) is 9.88 Å². The third-order valence-corrected chi connectivity index (χ3v) is 4.47. The number of pyridine rings is 1. The van der Waals surface area contributed by atoms with Gasteiger partial charge in [-0.05, 0) is 49.1 Å². The van der Waals surface area contributed by atoms with Crippen LogP contribution in [0.4, 0.5) is 0 Å². The van der Waals surface area contributed by atoms with Crippen molar-refractivity contribution in [1.29, 1.82) is 0 Å². The summed E-state index contributed by atoms with van der Waals surface area (Å²) < 4.78 is 11.1. The van der Waals surface area contributed by atoms with E-state index in [1.165, 1.54) is 0 Å². The molecule has 0 radical (unpaired) electrons. The Hall–Kier alpha value is -2.56. The Morgan fingerprint density at radius 1 is 1.16 bits per heavy atom. The van der Waals surface area contributed by atoms with Crippen molar-refractivity contribution in [2.45, 2.75) is 31.8 Å². The molecule has 5 heteroatoms. The van der Waals surface area contributed by atoms with Gasteiger partial charge in [-0.1, -0.05) is 12.1 Å². The van der Waals surface area contributed by atoms with Crippen molar-refractivity contribution in [3.05, 3.63) is 54.4 Å². The van der Waals surface area contributed by atoms with Gasteiger partial charge in [-0.2, -0.15) is 0 Å². The Bertz CT molecular complexity index is 673. The molecule has 3 rings (SSSR count). The molecule has 1 aromatic carbocycles. The monoisotopic (exact) mass is 340 g/mol. The van der Waals surface area contributed by atoms with Gasteiger partial charge >= 0.3 is 0 Å². The van der Waals surface area contributed by atoms with Gasteiger partial charge in [0.2, 0.25) is 5.91 Å². The van der Waals surface area contributed by atoms with Crippen LogP contribution in [0.25, 0.3) is 0 Å². The number of carbonyl (C=O) groups is 1. The van der Waals surface area contributed by atoms with Crippen molar-refractivity contribution in [2.75, 3.05) is 20.2 Å². The van der Waals surface area contributed by atoms with Gasteiger partial charge in [0.25, 0.3) is 0 Å². The molecule has 5 nitrogen and oxygen atoms in total. The third-order valence-electron chi connectivity index (χ3n) is 4.47. The number of aryl methyl sites for hydroxylation is 1. The first-order chi connectivity index (χ1) is 12.2. The first kappa shape index (κ1) is 17.3. The Kier molecular flexibility index (Phi) is 5.88. The Labute approximate surface area is 148 Å². The zero-order valence-corrected chi connectivity index (χ0v) is 14.6. The van der Waals surface area contributed by atoms with Crippen LogP contribution in [0.5, 0.6) is 11.5 Å². The normalized spacial score (nSPS) is 17.2. The Balaban J connectivity index is 1.49. The molecule has 1 fully saturated rings. The van der Waals surface area contributed by atoms with E-state index in [1.807, 2.05) is 41.3 Å². The summed E-state index contributed by atoms with van der Waals surface area (Å²) in [6, 6.07) is 11.6. The summed E-state index contributed by atoms with van der Waals surface area (Å²) >= 11 is 0. The molecular weight excluding hydrogens is 316 g/mol. The van der Waals surface area contributed by atoms with E-state index in [9.17, 15) is 4.79 Å². The zero-order chi connectivity index (χ0) is 17.5. The van der Waals surface area contributed by atoms with Crippen LogP contribution in [0.1, 0.15) is 24.8 Å². The number of nitrogens with zero attached hydrogens (tertiary/aromatic N) is 2. The van der Waals surface area contributed by atoms with Gasteiger partial charge in [-0.25, -0.2) is 0 Å². The molecule has 1 aliphatic rings. The highest BCUT2D eigenvalue weighted by atomic mass is 16.5. The average Bonchev–Trinajstić information content (AvgIpc) is 2.67. The molecule has 132 valence electrons. The smallest absolute Gasteiger partial charge is 0.223 e. The van der Waals surface area contributed by atoms with Crippen LogP contribution in [-0.4, -0.2) is 42.1 Å². The number of benzene rings is 1. The van der Waals surface area contributed by atoms with Crippen LogP contribution in [0.15, 0.2) is 48.8 Å². The molecule has 2 aromatic rings. The van der Waals surface area contributed by atoms with Crippen molar-refractivity contribution >= 4 is 5.91 Å². The fourth-order valence-corrected chi connectivity index (χ4v) is 3.07. The lowest BCUT2D eigenvalue weighted by Crippen LogP contribution is -2.44. The topological polar surface area (TPSA) is 51.7 Å². The van der Waals surface area contributed by atoms with E-state index in [4.69, 9.17) is 9.47 Å². The molecule has 1 atom stereocenters. The van der Waals surface area contributed by atoms with E-state index in [0.29, 0.717) is 13.0 Å². The van der Waals surface area contributed by atoms with Crippen molar-refractivity contribution in [2.24, 2.45) is 0 Å². The molecule has 2 heterocycles. The summed E-state index contributed by atoms with van der Waals surface area (Å²) in [6.07, 6.45) is 6.71. The van der Waals surface area contributed by atoms with E-state index in [0.717, 1.165) is 42.9 Å². The number of aromatic nitrogens is 1. The van der Waals surface area contributed by atoms with Crippen LogP contribution in [0.3, 0.4) is 0 Å². The molecule has 0 N–H and O–H groups in total. The highest BCUT2D eigenvalue weighted by Crippen LogP contribution is 2.19. The minimum atomic E-state index is 0.0566. The molecule has 0 aliphatic carbocycles. The maximum Gasteiger partial charge on any atom is 0.223 e. The molecule has 0 spiro atoms. The van der Waals surface area contributed by atoms with E-state index < -0.39 is 0 Å². The highest BCUT2D eigenvalue weighted by Gasteiger charge is 2.24. The maximum atomic E-state index is 12.5. The third kappa shape index (κ3) is 4.95. The number of rotatable bonds is 6. The standard InChI is InChI=1S/C20H24N2O3/c1-24-17-7-4-16(5-8-17)6-9-20(23)22-14-2-3-19(15-22)25-18-10-12-21-13-11-18/h4-5,7-8,10-13,19H,2-3,6,9,14-15H2,1H3/t19-/m0/s1. The number of amides is 1. The molecule has 0 unspecified atom stereocenters. The van der Waals surface area contributed by atoms with Gasteiger partial charge in [-0.15, -0.1) is 0 Å². The van der Waals surface area contributed by atoms with Crippen LogP contribution < -0.4 is 9.47 Å². The van der Waals surface area contributed by atoms with Crippen molar-refractivity contribution in [3.8, 4) is 11.5 Å². The lowest BCUT2D eigenvalue weighted by atomic mass is 10.1. The first-order valence-electron chi connectivity index (χ1n) is 8.72. The zero-order valence-electron chi connectivity index (χ0n) is 14.6. The molecule has 1 saturated heterocycles.